The van der Waals surface area contributed by atoms with Crippen LogP contribution in [0.4, 0.5) is 4.79 Å². The summed E-state index contributed by atoms with van der Waals surface area (Å²) in [6.45, 7) is 6.52. The van der Waals surface area contributed by atoms with Crippen molar-refractivity contribution < 1.29 is 13.2 Å². The summed E-state index contributed by atoms with van der Waals surface area (Å²) in [4.78, 5) is 12.5. The van der Waals surface area contributed by atoms with E-state index in [1.54, 1.807) is 18.5 Å². The number of aromatic nitrogens is 2. The van der Waals surface area contributed by atoms with Crippen LogP contribution in [0, 0.1) is 13.8 Å². The van der Waals surface area contributed by atoms with E-state index in [1.807, 2.05) is 6.92 Å². The van der Waals surface area contributed by atoms with Gasteiger partial charge in [0, 0.05) is 19.6 Å². The molecule has 1 aromatic rings. The molecule has 3 N–H and O–H groups in total. The molecule has 0 atom stereocenters. The summed E-state index contributed by atoms with van der Waals surface area (Å²) in [6.07, 6.45) is 0. The summed E-state index contributed by atoms with van der Waals surface area (Å²) >= 11 is 0. The van der Waals surface area contributed by atoms with Crippen LogP contribution in [0.5, 0.6) is 0 Å². The Labute approximate surface area is 118 Å². The topological polar surface area (TPSA) is 110 Å². The normalized spacial score (nSPS) is 16.2. The molecule has 0 saturated carbocycles. The lowest BCUT2D eigenvalue weighted by Gasteiger charge is -2.37. The van der Waals surface area contributed by atoms with Crippen molar-refractivity contribution in [1.29, 1.82) is 0 Å². The monoisotopic (exact) mass is 301 g/mol. The molecular weight excluding hydrogens is 282 g/mol. The first kappa shape index (κ1) is 14.8. The lowest BCUT2D eigenvalue weighted by Crippen LogP contribution is -2.62. The summed E-state index contributed by atoms with van der Waals surface area (Å²) < 4.78 is 29.0. The Morgan fingerprint density at radius 3 is 2.50 bits per heavy atom. The molecule has 112 valence electrons. The van der Waals surface area contributed by atoms with E-state index in [9.17, 15) is 13.2 Å². The second-order valence-corrected chi connectivity index (χ2v) is 6.53. The zero-order valence-corrected chi connectivity index (χ0v) is 12.6. The van der Waals surface area contributed by atoms with Crippen molar-refractivity contribution in [3.63, 3.8) is 0 Å². The molecule has 2 amide bonds. The van der Waals surface area contributed by atoms with Crippen molar-refractivity contribution in [2.45, 2.75) is 38.3 Å². The van der Waals surface area contributed by atoms with E-state index in [4.69, 9.17) is 5.73 Å². The quantitative estimate of drug-likeness (QED) is 0.785. The molecule has 8 nitrogen and oxygen atoms in total. The van der Waals surface area contributed by atoms with Crippen LogP contribution >= 0.6 is 0 Å². The van der Waals surface area contributed by atoms with Crippen molar-refractivity contribution in [2.75, 3.05) is 13.1 Å². The van der Waals surface area contributed by atoms with Gasteiger partial charge in [0.1, 0.15) is 4.90 Å². The molecule has 1 aliphatic heterocycles. The number of sulfonamides is 1. The predicted molar refractivity (Wildman–Crippen MR) is 72.6 cm³/mol. The summed E-state index contributed by atoms with van der Waals surface area (Å²) in [5, 5.41) is 4.20. The highest BCUT2D eigenvalue weighted by molar-refractivity contribution is 7.89. The number of carbonyl (C=O) groups excluding carboxylic acids is 1. The van der Waals surface area contributed by atoms with Crippen LogP contribution in [0.25, 0.3) is 0 Å². The third-order valence-electron chi connectivity index (χ3n) is 3.40. The van der Waals surface area contributed by atoms with Gasteiger partial charge in [-0.3, -0.25) is 4.68 Å². The molecule has 0 spiro atoms. The largest absolute Gasteiger partial charge is 0.351 e. The molecule has 0 radical (unpaired) electrons. The first-order chi connectivity index (χ1) is 9.26. The Hall–Kier alpha value is -1.61. The molecule has 2 rings (SSSR count). The summed E-state index contributed by atoms with van der Waals surface area (Å²) in [7, 11) is -3.63. The minimum Gasteiger partial charge on any atom is -0.351 e. The highest BCUT2D eigenvalue weighted by Gasteiger charge is 2.34. The molecule has 1 fully saturated rings. The molecule has 1 aliphatic rings. The van der Waals surface area contributed by atoms with E-state index in [2.05, 4.69) is 9.82 Å². The third kappa shape index (κ3) is 2.50. The standard InChI is InChI=1S/C11H19N5O3S/c1-4-16-8(3)10(7(2)13-16)20(18,19)14-9-5-15(6-9)11(12)17/h9,14H,4-6H2,1-3H3,(H2,12,17). The molecule has 2 heterocycles. The molecule has 1 saturated heterocycles. The smallest absolute Gasteiger partial charge is 0.314 e. The van der Waals surface area contributed by atoms with Crippen molar-refractivity contribution in [3.8, 4) is 0 Å². The minimum atomic E-state index is -3.63. The Morgan fingerprint density at radius 2 is 2.05 bits per heavy atom. The average Bonchev–Trinajstić information content (AvgIpc) is 2.58. The fourth-order valence-electron chi connectivity index (χ4n) is 2.39. The Balaban J connectivity index is 2.16. The second-order valence-electron chi connectivity index (χ2n) is 4.88. The molecule has 1 aromatic heterocycles. The number of nitrogens with one attached hydrogen (secondary N) is 1. The number of urea groups is 1. The summed E-state index contributed by atoms with van der Waals surface area (Å²) in [5.41, 5.74) is 6.19. The Bertz CT molecular complexity index is 631. The molecule has 0 aromatic carbocycles. The van der Waals surface area contributed by atoms with E-state index in [0.717, 1.165) is 0 Å². The van der Waals surface area contributed by atoms with Crippen molar-refractivity contribution in [2.24, 2.45) is 5.73 Å². The number of aryl methyl sites for hydroxylation is 2. The second kappa shape index (κ2) is 5.06. The SMILES string of the molecule is CCn1nc(C)c(S(=O)(=O)NC2CN(C(N)=O)C2)c1C. The van der Waals surface area contributed by atoms with Crippen LogP contribution in [-0.4, -0.2) is 48.3 Å². The maximum absolute atomic E-state index is 12.4. The maximum Gasteiger partial charge on any atom is 0.314 e. The zero-order chi connectivity index (χ0) is 15.1. The van der Waals surface area contributed by atoms with Crippen molar-refractivity contribution in [1.82, 2.24) is 19.4 Å². The lowest BCUT2D eigenvalue weighted by molar-refractivity contribution is 0.155. The van der Waals surface area contributed by atoms with Gasteiger partial charge in [-0.25, -0.2) is 17.9 Å². The van der Waals surface area contributed by atoms with Crippen LogP contribution in [0.3, 0.4) is 0 Å². The number of primary amides is 1. The van der Waals surface area contributed by atoms with Gasteiger partial charge in [0.15, 0.2) is 0 Å². The summed E-state index contributed by atoms with van der Waals surface area (Å²) in [6, 6.07) is -0.831. The molecule has 0 unspecified atom stereocenters. The van der Waals surface area contributed by atoms with Crippen LogP contribution in [0.15, 0.2) is 4.90 Å². The van der Waals surface area contributed by atoms with Gasteiger partial charge in [-0.2, -0.15) is 5.10 Å². The highest BCUT2D eigenvalue weighted by atomic mass is 32.2. The Morgan fingerprint density at radius 1 is 1.45 bits per heavy atom. The maximum atomic E-state index is 12.4. The van der Waals surface area contributed by atoms with E-state index in [0.29, 0.717) is 31.0 Å². The number of hydrogen-bond donors (Lipinski definition) is 2. The first-order valence-corrected chi connectivity index (χ1v) is 7.85. The fourth-order valence-corrected chi connectivity index (χ4v) is 4.02. The van der Waals surface area contributed by atoms with E-state index in [-0.39, 0.29) is 10.9 Å². The van der Waals surface area contributed by atoms with Crippen LogP contribution < -0.4 is 10.5 Å². The fraction of sp³-hybridized carbons (Fsp3) is 0.636. The predicted octanol–water partition coefficient (Wildman–Crippen LogP) is -0.439. The summed E-state index contributed by atoms with van der Waals surface area (Å²) in [5.74, 6) is 0. The van der Waals surface area contributed by atoms with Gasteiger partial charge < -0.3 is 10.6 Å². The average molecular weight is 301 g/mol. The lowest BCUT2D eigenvalue weighted by atomic mass is 10.1. The minimum absolute atomic E-state index is 0.219. The number of rotatable bonds is 4. The van der Waals surface area contributed by atoms with Crippen LogP contribution in [-0.2, 0) is 16.6 Å². The molecule has 20 heavy (non-hydrogen) atoms. The third-order valence-corrected chi connectivity index (χ3v) is 5.17. The van der Waals surface area contributed by atoms with Gasteiger partial charge in [-0.1, -0.05) is 0 Å². The van der Waals surface area contributed by atoms with Gasteiger partial charge >= 0.3 is 6.03 Å². The number of carbonyl (C=O) groups is 1. The molecular formula is C11H19N5O3S. The zero-order valence-electron chi connectivity index (χ0n) is 11.8. The Kier molecular flexibility index (Phi) is 3.74. The van der Waals surface area contributed by atoms with E-state index in [1.165, 1.54) is 4.90 Å². The van der Waals surface area contributed by atoms with Gasteiger partial charge in [0.25, 0.3) is 0 Å². The van der Waals surface area contributed by atoms with Crippen molar-refractivity contribution >= 4 is 16.1 Å². The van der Waals surface area contributed by atoms with Crippen LogP contribution in [0.2, 0.25) is 0 Å². The van der Waals surface area contributed by atoms with Gasteiger partial charge in [-0.15, -0.1) is 0 Å². The number of nitrogens with two attached hydrogens (primary N) is 1. The van der Waals surface area contributed by atoms with E-state index >= 15 is 0 Å². The molecule has 0 aliphatic carbocycles. The first-order valence-electron chi connectivity index (χ1n) is 6.37. The van der Waals surface area contributed by atoms with Crippen molar-refractivity contribution in [3.05, 3.63) is 11.4 Å². The van der Waals surface area contributed by atoms with Crippen LogP contribution in [0.1, 0.15) is 18.3 Å². The number of amides is 2. The van der Waals surface area contributed by atoms with Gasteiger partial charge in [0.05, 0.1) is 17.4 Å². The number of hydrogen-bond acceptors (Lipinski definition) is 4. The molecule has 9 heteroatoms. The number of nitrogens with zero attached hydrogens (tertiary/aromatic N) is 3. The number of likely N-dealkylation sites (tertiary alicyclic amines) is 1. The molecule has 0 bridgehead atoms. The van der Waals surface area contributed by atoms with Gasteiger partial charge in [0.2, 0.25) is 10.0 Å². The van der Waals surface area contributed by atoms with Gasteiger partial charge in [-0.05, 0) is 20.8 Å². The highest BCUT2D eigenvalue weighted by Crippen LogP contribution is 2.20. The van der Waals surface area contributed by atoms with E-state index < -0.39 is 16.1 Å².